The second-order valence-electron chi connectivity index (χ2n) is 5.99. The molecule has 4 heteroatoms. The number of nitrogens with zero attached hydrogens (tertiary/aromatic N) is 2. The molecule has 0 saturated heterocycles. The third kappa shape index (κ3) is 2.97. The molecule has 1 aliphatic heterocycles. The molecule has 0 radical (unpaired) electrons. The molecule has 1 aromatic carbocycles. The molecule has 1 aromatic heterocycles. The van der Waals surface area contributed by atoms with Gasteiger partial charge in [0.2, 0.25) is 0 Å². The number of aromatic nitrogens is 2. The Hall–Kier alpha value is -1.94. The number of rotatable bonds is 3. The van der Waals surface area contributed by atoms with E-state index in [4.69, 9.17) is 14.7 Å². The Morgan fingerprint density at radius 3 is 2.45 bits per heavy atom. The van der Waals surface area contributed by atoms with Gasteiger partial charge in [-0.05, 0) is 37.2 Å². The van der Waals surface area contributed by atoms with Crippen LogP contribution in [0.15, 0.2) is 24.3 Å². The highest BCUT2D eigenvalue weighted by atomic mass is 16.5. The highest BCUT2D eigenvalue weighted by Gasteiger charge is 2.18. The van der Waals surface area contributed by atoms with Gasteiger partial charge in [-0.2, -0.15) is 0 Å². The van der Waals surface area contributed by atoms with E-state index in [1.807, 2.05) is 12.1 Å². The minimum atomic E-state index is 0.332. The summed E-state index contributed by atoms with van der Waals surface area (Å²) in [6.07, 6.45) is 1.95. The van der Waals surface area contributed by atoms with E-state index in [-0.39, 0.29) is 0 Å². The van der Waals surface area contributed by atoms with Crippen LogP contribution < -0.4 is 10.1 Å². The van der Waals surface area contributed by atoms with Crippen LogP contribution in [0, 0.1) is 0 Å². The van der Waals surface area contributed by atoms with E-state index in [1.54, 1.807) is 7.11 Å². The Bertz CT molecular complexity index is 650. The minimum absolute atomic E-state index is 0.332. The fourth-order valence-corrected chi connectivity index (χ4v) is 2.81. The molecule has 0 amide bonds. The highest BCUT2D eigenvalue weighted by molar-refractivity contribution is 5.65. The zero-order chi connectivity index (χ0) is 15.5. The van der Waals surface area contributed by atoms with Gasteiger partial charge in [-0.1, -0.05) is 13.8 Å². The molecule has 3 rings (SSSR count). The lowest BCUT2D eigenvalue weighted by Gasteiger charge is -2.15. The van der Waals surface area contributed by atoms with Crippen molar-refractivity contribution in [1.29, 1.82) is 0 Å². The van der Waals surface area contributed by atoms with Crippen LogP contribution in [0.2, 0.25) is 0 Å². The van der Waals surface area contributed by atoms with Crippen LogP contribution in [-0.4, -0.2) is 30.2 Å². The van der Waals surface area contributed by atoms with E-state index < -0.39 is 0 Å². The molecule has 2 heterocycles. The molecule has 0 fully saturated rings. The number of hydrogen-bond donors (Lipinski definition) is 1. The summed E-state index contributed by atoms with van der Waals surface area (Å²) < 4.78 is 5.26. The van der Waals surface area contributed by atoms with Crippen LogP contribution in [0.5, 0.6) is 5.75 Å². The number of nitrogens with one attached hydrogen (secondary N) is 1. The van der Waals surface area contributed by atoms with E-state index >= 15 is 0 Å². The average Bonchev–Trinajstić information content (AvgIpc) is 2.79. The molecule has 22 heavy (non-hydrogen) atoms. The molecule has 4 nitrogen and oxygen atoms in total. The number of ether oxygens (including phenoxy) is 1. The van der Waals surface area contributed by atoms with E-state index in [1.165, 1.54) is 11.3 Å². The molecule has 0 spiro atoms. The van der Waals surface area contributed by atoms with Crippen LogP contribution in [0.25, 0.3) is 11.3 Å². The molecule has 1 aliphatic rings. The van der Waals surface area contributed by atoms with Gasteiger partial charge in [-0.25, -0.2) is 9.97 Å². The van der Waals surface area contributed by atoms with Crippen LogP contribution in [0.1, 0.15) is 36.8 Å². The zero-order valence-corrected chi connectivity index (χ0v) is 13.5. The van der Waals surface area contributed by atoms with E-state index in [0.29, 0.717) is 5.92 Å². The molecule has 116 valence electrons. The Morgan fingerprint density at radius 1 is 1.05 bits per heavy atom. The largest absolute Gasteiger partial charge is 0.497 e. The standard InChI is InChI=1S/C18H23N3O/c1-12(2)18-20-16-9-11-19-10-8-15(16)17(21-18)13-4-6-14(22-3)7-5-13/h4-7,12,19H,8-11H2,1-3H3. The summed E-state index contributed by atoms with van der Waals surface area (Å²) in [5.41, 5.74) is 4.72. The van der Waals surface area contributed by atoms with Gasteiger partial charge in [-0.15, -0.1) is 0 Å². The van der Waals surface area contributed by atoms with Gasteiger partial charge in [-0.3, -0.25) is 0 Å². The number of hydrogen-bond acceptors (Lipinski definition) is 4. The van der Waals surface area contributed by atoms with Crippen molar-refractivity contribution in [3.05, 3.63) is 41.3 Å². The quantitative estimate of drug-likeness (QED) is 0.946. The third-order valence-corrected chi connectivity index (χ3v) is 4.08. The van der Waals surface area contributed by atoms with Gasteiger partial charge in [0, 0.05) is 35.7 Å². The van der Waals surface area contributed by atoms with E-state index in [0.717, 1.165) is 48.8 Å². The molecule has 1 N–H and O–H groups in total. The summed E-state index contributed by atoms with van der Waals surface area (Å²) in [5, 5.41) is 3.45. The van der Waals surface area contributed by atoms with Crippen LogP contribution in [0.3, 0.4) is 0 Å². The van der Waals surface area contributed by atoms with Crippen molar-refractivity contribution in [2.75, 3.05) is 20.2 Å². The minimum Gasteiger partial charge on any atom is -0.497 e. The maximum absolute atomic E-state index is 5.26. The molecular weight excluding hydrogens is 274 g/mol. The van der Waals surface area contributed by atoms with Crippen molar-refractivity contribution in [2.24, 2.45) is 0 Å². The number of fused-ring (bicyclic) bond motifs is 1. The Morgan fingerprint density at radius 2 is 1.77 bits per heavy atom. The third-order valence-electron chi connectivity index (χ3n) is 4.08. The lowest BCUT2D eigenvalue weighted by Crippen LogP contribution is -2.16. The lowest BCUT2D eigenvalue weighted by atomic mass is 10.00. The van der Waals surface area contributed by atoms with Crippen molar-refractivity contribution in [1.82, 2.24) is 15.3 Å². The SMILES string of the molecule is COc1ccc(-c2nc(C(C)C)nc3c2CCNCC3)cc1. The Labute approximate surface area is 132 Å². The average molecular weight is 297 g/mol. The summed E-state index contributed by atoms with van der Waals surface area (Å²) in [5.74, 6) is 2.14. The van der Waals surface area contributed by atoms with Crippen molar-refractivity contribution >= 4 is 0 Å². The first-order valence-electron chi connectivity index (χ1n) is 7.94. The molecule has 0 bridgehead atoms. The maximum Gasteiger partial charge on any atom is 0.131 e. The van der Waals surface area contributed by atoms with Gasteiger partial charge >= 0.3 is 0 Å². The Balaban J connectivity index is 2.12. The monoisotopic (exact) mass is 297 g/mol. The van der Waals surface area contributed by atoms with Crippen LogP contribution >= 0.6 is 0 Å². The fourth-order valence-electron chi connectivity index (χ4n) is 2.81. The lowest BCUT2D eigenvalue weighted by molar-refractivity contribution is 0.415. The molecule has 0 aliphatic carbocycles. The molecule has 0 unspecified atom stereocenters. The number of methoxy groups -OCH3 is 1. The maximum atomic E-state index is 5.26. The van der Waals surface area contributed by atoms with Crippen molar-refractivity contribution in [3.63, 3.8) is 0 Å². The van der Waals surface area contributed by atoms with Crippen molar-refractivity contribution in [3.8, 4) is 17.0 Å². The molecule has 0 saturated carbocycles. The van der Waals surface area contributed by atoms with Crippen molar-refractivity contribution < 1.29 is 4.74 Å². The van der Waals surface area contributed by atoms with Crippen LogP contribution in [-0.2, 0) is 12.8 Å². The number of benzene rings is 1. The summed E-state index contributed by atoms with van der Waals surface area (Å²) in [6.45, 7) is 6.27. The van der Waals surface area contributed by atoms with Gasteiger partial charge in [0.25, 0.3) is 0 Å². The second kappa shape index (κ2) is 6.44. The summed E-state index contributed by atoms with van der Waals surface area (Å²) in [7, 11) is 1.69. The first-order valence-corrected chi connectivity index (χ1v) is 7.94. The summed E-state index contributed by atoms with van der Waals surface area (Å²) in [4.78, 5) is 9.69. The first kappa shape index (κ1) is 15.0. The Kier molecular flexibility index (Phi) is 4.39. The zero-order valence-electron chi connectivity index (χ0n) is 13.5. The molecule has 0 atom stereocenters. The van der Waals surface area contributed by atoms with E-state index in [2.05, 4.69) is 31.3 Å². The summed E-state index contributed by atoms with van der Waals surface area (Å²) in [6, 6.07) is 8.16. The summed E-state index contributed by atoms with van der Waals surface area (Å²) >= 11 is 0. The molecular formula is C18H23N3O. The van der Waals surface area contributed by atoms with Gasteiger partial charge in [0.05, 0.1) is 12.8 Å². The van der Waals surface area contributed by atoms with Crippen molar-refractivity contribution in [2.45, 2.75) is 32.6 Å². The topological polar surface area (TPSA) is 47.0 Å². The van der Waals surface area contributed by atoms with Gasteiger partial charge < -0.3 is 10.1 Å². The second-order valence-corrected chi connectivity index (χ2v) is 5.99. The van der Waals surface area contributed by atoms with Gasteiger partial charge in [0.15, 0.2) is 0 Å². The smallest absolute Gasteiger partial charge is 0.131 e. The fraction of sp³-hybridized carbons (Fsp3) is 0.444. The van der Waals surface area contributed by atoms with E-state index in [9.17, 15) is 0 Å². The molecule has 2 aromatic rings. The normalized spacial score (nSPS) is 14.5. The first-order chi connectivity index (χ1) is 10.7. The van der Waals surface area contributed by atoms with Crippen LogP contribution in [0.4, 0.5) is 0 Å². The van der Waals surface area contributed by atoms with Gasteiger partial charge in [0.1, 0.15) is 11.6 Å². The predicted octanol–water partition coefficient (Wildman–Crippen LogP) is 2.96. The predicted molar refractivity (Wildman–Crippen MR) is 88.4 cm³/mol. The highest BCUT2D eigenvalue weighted by Crippen LogP contribution is 2.28.